The van der Waals surface area contributed by atoms with Crippen LogP contribution in [0, 0.1) is 0 Å². The Morgan fingerprint density at radius 1 is 1.17 bits per heavy atom. The predicted molar refractivity (Wildman–Crippen MR) is 103 cm³/mol. The molecule has 0 saturated carbocycles. The SMILES string of the molecule is COc1ccc(C=CC(=O)NC(=S)Nc2ccc(Cl)cc2Cl)cc1. The molecule has 1 amide bonds. The fourth-order valence-electron chi connectivity index (χ4n) is 1.78. The van der Waals surface area contributed by atoms with Gasteiger partial charge >= 0.3 is 0 Å². The third-order valence-corrected chi connectivity index (χ3v) is 3.71. The molecule has 2 rings (SSSR count). The van der Waals surface area contributed by atoms with E-state index in [1.165, 1.54) is 6.08 Å². The van der Waals surface area contributed by atoms with Gasteiger partial charge in [0.1, 0.15) is 5.75 Å². The molecule has 0 aliphatic rings. The molecule has 0 aliphatic carbocycles. The van der Waals surface area contributed by atoms with Gasteiger partial charge in [0.15, 0.2) is 5.11 Å². The van der Waals surface area contributed by atoms with Gasteiger partial charge in [-0.25, -0.2) is 0 Å². The van der Waals surface area contributed by atoms with Crippen LogP contribution in [0.3, 0.4) is 0 Å². The maximum atomic E-state index is 11.9. The molecular formula is C17H14Cl2N2O2S. The number of amides is 1. The topological polar surface area (TPSA) is 50.4 Å². The van der Waals surface area contributed by atoms with Crippen molar-refractivity contribution >= 4 is 58.2 Å². The third-order valence-electron chi connectivity index (χ3n) is 2.96. The second kappa shape index (κ2) is 8.68. The number of methoxy groups -OCH3 is 1. The second-order valence-corrected chi connectivity index (χ2v) is 5.93. The predicted octanol–water partition coefficient (Wildman–Crippen LogP) is 4.53. The third kappa shape index (κ3) is 5.53. The summed E-state index contributed by atoms with van der Waals surface area (Å²) in [4.78, 5) is 11.9. The molecule has 0 atom stereocenters. The number of benzene rings is 2. The summed E-state index contributed by atoms with van der Waals surface area (Å²) in [5, 5.41) is 6.45. The second-order valence-electron chi connectivity index (χ2n) is 4.67. The Bertz CT molecular complexity index is 777. The van der Waals surface area contributed by atoms with Gasteiger partial charge in [-0.05, 0) is 54.2 Å². The first-order valence-electron chi connectivity index (χ1n) is 6.87. The normalized spacial score (nSPS) is 10.5. The van der Waals surface area contributed by atoms with E-state index in [-0.39, 0.29) is 11.0 Å². The summed E-state index contributed by atoms with van der Waals surface area (Å²) >= 11 is 16.9. The zero-order chi connectivity index (χ0) is 17.5. The first-order valence-corrected chi connectivity index (χ1v) is 8.03. The van der Waals surface area contributed by atoms with Crippen molar-refractivity contribution in [2.75, 3.05) is 12.4 Å². The van der Waals surface area contributed by atoms with Crippen molar-refractivity contribution in [1.82, 2.24) is 5.32 Å². The van der Waals surface area contributed by atoms with Crippen molar-refractivity contribution in [1.29, 1.82) is 0 Å². The smallest absolute Gasteiger partial charge is 0.250 e. The van der Waals surface area contributed by atoms with E-state index < -0.39 is 0 Å². The molecule has 0 spiro atoms. The van der Waals surface area contributed by atoms with Crippen LogP contribution in [-0.2, 0) is 4.79 Å². The highest BCUT2D eigenvalue weighted by molar-refractivity contribution is 7.80. The maximum absolute atomic E-state index is 11.9. The molecular weight excluding hydrogens is 367 g/mol. The molecule has 0 saturated heterocycles. The minimum Gasteiger partial charge on any atom is -0.497 e. The molecule has 2 aromatic carbocycles. The monoisotopic (exact) mass is 380 g/mol. The van der Waals surface area contributed by atoms with E-state index in [1.54, 1.807) is 31.4 Å². The molecule has 2 N–H and O–H groups in total. The van der Waals surface area contributed by atoms with E-state index in [0.29, 0.717) is 15.7 Å². The van der Waals surface area contributed by atoms with Crippen molar-refractivity contribution in [3.05, 3.63) is 64.1 Å². The lowest BCUT2D eigenvalue weighted by Gasteiger charge is -2.09. The van der Waals surface area contributed by atoms with Gasteiger partial charge < -0.3 is 10.1 Å². The van der Waals surface area contributed by atoms with Gasteiger partial charge in [-0.2, -0.15) is 0 Å². The average molecular weight is 381 g/mol. The van der Waals surface area contributed by atoms with E-state index >= 15 is 0 Å². The summed E-state index contributed by atoms with van der Waals surface area (Å²) in [5.41, 5.74) is 1.43. The number of carbonyl (C=O) groups is 1. The van der Waals surface area contributed by atoms with Crippen LogP contribution in [-0.4, -0.2) is 18.1 Å². The molecule has 0 heterocycles. The van der Waals surface area contributed by atoms with Gasteiger partial charge in [-0.3, -0.25) is 10.1 Å². The first kappa shape index (κ1) is 18.3. The fourth-order valence-corrected chi connectivity index (χ4v) is 2.45. The quantitative estimate of drug-likeness (QED) is 0.604. The van der Waals surface area contributed by atoms with Crippen LogP contribution >= 0.6 is 35.4 Å². The van der Waals surface area contributed by atoms with Crippen molar-refractivity contribution < 1.29 is 9.53 Å². The van der Waals surface area contributed by atoms with Gasteiger partial charge in [-0.15, -0.1) is 0 Å². The molecule has 0 aromatic heterocycles. The number of thiocarbonyl (C=S) groups is 1. The fraction of sp³-hybridized carbons (Fsp3) is 0.0588. The zero-order valence-electron chi connectivity index (χ0n) is 12.7. The molecule has 0 aliphatic heterocycles. The lowest BCUT2D eigenvalue weighted by Crippen LogP contribution is -2.32. The van der Waals surface area contributed by atoms with E-state index in [9.17, 15) is 4.79 Å². The minimum absolute atomic E-state index is 0.142. The lowest BCUT2D eigenvalue weighted by molar-refractivity contribution is -0.115. The Balaban J connectivity index is 1.91. The summed E-state index contributed by atoms with van der Waals surface area (Å²) in [5.74, 6) is 0.398. The van der Waals surface area contributed by atoms with Crippen molar-refractivity contribution in [2.45, 2.75) is 0 Å². The molecule has 0 fully saturated rings. The van der Waals surface area contributed by atoms with Crippen molar-refractivity contribution in [2.24, 2.45) is 0 Å². The molecule has 0 radical (unpaired) electrons. The number of anilines is 1. The summed E-state index contributed by atoms with van der Waals surface area (Å²) in [6, 6.07) is 12.2. The highest BCUT2D eigenvalue weighted by atomic mass is 35.5. The number of nitrogens with one attached hydrogen (secondary N) is 2. The van der Waals surface area contributed by atoms with Gasteiger partial charge in [-0.1, -0.05) is 35.3 Å². The number of ether oxygens (including phenoxy) is 1. The summed E-state index contributed by atoms with van der Waals surface area (Å²) in [7, 11) is 1.60. The number of hydrogen-bond donors (Lipinski definition) is 2. The molecule has 2 aromatic rings. The van der Waals surface area contributed by atoms with Crippen molar-refractivity contribution in [3.63, 3.8) is 0 Å². The Kier molecular flexibility index (Phi) is 6.61. The van der Waals surface area contributed by atoms with Crippen molar-refractivity contribution in [3.8, 4) is 5.75 Å². The maximum Gasteiger partial charge on any atom is 0.250 e. The van der Waals surface area contributed by atoms with Gasteiger partial charge in [0, 0.05) is 11.1 Å². The highest BCUT2D eigenvalue weighted by Crippen LogP contribution is 2.25. The van der Waals surface area contributed by atoms with E-state index in [2.05, 4.69) is 10.6 Å². The highest BCUT2D eigenvalue weighted by Gasteiger charge is 2.05. The van der Waals surface area contributed by atoms with Gasteiger partial charge in [0.2, 0.25) is 5.91 Å². The number of hydrogen-bond acceptors (Lipinski definition) is 3. The van der Waals surface area contributed by atoms with Crippen LogP contribution in [0.15, 0.2) is 48.5 Å². The zero-order valence-corrected chi connectivity index (χ0v) is 15.0. The van der Waals surface area contributed by atoms with Crippen LogP contribution in [0.1, 0.15) is 5.56 Å². The molecule has 24 heavy (non-hydrogen) atoms. The molecule has 4 nitrogen and oxygen atoms in total. The first-order chi connectivity index (χ1) is 11.5. The Hall–Kier alpha value is -2.08. The lowest BCUT2D eigenvalue weighted by atomic mass is 10.2. The minimum atomic E-state index is -0.353. The Morgan fingerprint density at radius 2 is 1.88 bits per heavy atom. The summed E-state index contributed by atoms with van der Waals surface area (Å²) in [6.45, 7) is 0. The Labute approximate surface area is 155 Å². The molecule has 0 unspecified atom stereocenters. The van der Waals surface area contributed by atoms with Crippen LogP contribution in [0.2, 0.25) is 10.0 Å². The number of halogens is 2. The van der Waals surface area contributed by atoms with Crippen LogP contribution in [0.25, 0.3) is 6.08 Å². The molecule has 124 valence electrons. The number of rotatable bonds is 4. The molecule has 0 bridgehead atoms. The largest absolute Gasteiger partial charge is 0.497 e. The summed E-state index contributed by atoms with van der Waals surface area (Å²) in [6.07, 6.45) is 3.06. The van der Waals surface area contributed by atoms with Crippen LogP contribution < -0.4 is 15.4 Å². The van der Waals surface area contributed by atoms with Gasteiger partial charge in [0.05, 0.1) is 17.8 Å². The van der Waals surface area contributed by atoms with E-state index in [4.69, 9.17) is 40.2 Å². The Morgan fingerprint density at radius 3 is 2.50 bits per heavy atom. The van der Waals surface area contributed by atoms with E-state index in [0.717, 1.165) is 11.3 Å². The number of carbonyl (C=O) groups excluding carboxylic acids is 1. The van der Waals surface area contributed by atoms with E-state index in [1.807, 2.05) is 24.3 Å². The average Bonchev–Trinajstić information content (AvgIpc) is 2.56. The van der Waals surface area contributed by atoms with Crippen LogP contribution in [0.4, 0.5) is 5.69 Å². The van der Waals surface area contributed by atoms with Gasteiger partial charge in [0.25, 0.3) is 0 Å². The standard InChI is InChI=1S/C17H14Cl2N2O2S/c1-23-13-6-2-11(3-7-13)4-9-16(22)21-17(24)20-15-8-5-12(18)10-14(15)19/h2-10H,1H3,(H2,20,21,22,24). The van der Waals surface area contributed by atoms with Crippen LogP contribution in [0.5, 0.6) is 5.75 Å². The molecule has 7 heteroatoms. The summed E-state index contributed by atoms with van der Waals surface area (Å²) < 4.78 is 5.07.